The van der Waals surface area contributed by atoms with Crippen molar-refractivity contribution in [3.63, 3.8) is 0 Å². The number of hydrogen-bond donors (Lipinski definition) is 1. The molecule has 0 spiro atoms. The quantitative estimate of drug-likeness (QED) is 0.754. The van der Waals surface area contributed by atoms with Gasteiger partial charge in [0.1, 0.15) is 6.61 Å². The lowest BCUT2D eigenvalue weighted by Crippen LogP contribution is -2.57. The predicted molar refractivity (Wildman–Crippen MR) is 59.5 cm³/mol. The molecule has 2 N–H and O–H groups in total. The minimum atomic E-state index is -0.125. The Hall–Kier alpha value is -0.610. The molecule has 1 rings (SSSR count). The van der Waals surface area contributed by atoms with E-state index in [1.165, 1.54) is 0 Å². The number of nitrogens with zero attached hydrogens (tertiary/aromatic N) is 1. The van der Waals surface area contributed by atoms with Crippen molar-refractivity contribution in [3.05, 3.63) is 0 Å². The van der Waals surface area contributed by atoms with E-state index >= 15 is 0 Å². The standard InChI is InChI=1S/C11H22N2O2/c1-11(2,3)13-9(5-4-6-12)7-15-8-10(13)14/h9H,4-8,12H2,1-3H3. The maximum absolute atomic E-state index is 11.8. The third-order valence-electron chi connectivity index (χ3n) is 2.63. The van der Waals surface area contributed by atoms with Crippen molar-refractivity contribution in [1.29, 1.82) is 0 Å². The van der Waals surface area contributed by atoms with Gasteiger partial charge in [-0.1, -0.05) is 0 Å². The molecule has 0 radical (unpaired) electrons. The normalized spacial score (nSPS) is 23.3. The molecule has 1 atom stereocenters. The summed E-state index contributed by atoms with van der Waals surface area (Å²) in [6, 6.07) is 0.190. The van der Waals surface area contributed by atoms with Crippen molar-refractivity contribution in [2.24, 2.45) is 5.73 Å². The SMILES string of the molecule is CC(C)(C)N1C(=O)COCC1CCCN. The zero-order valence-corrected chi connectivity index (χ0v) is 9.95. The van der Waals surface area contributed by atoms with Gasteiger partial charge in [0.2, 0.25) is 5.91 Å². The molecule has 0 aromatic heterocycles. The number of carbonyl (C=O) groups is 1. The second-order valence-electron chi connectivity index (χ2n) is 5.03. The molecule has 0 saturated carbocycles. The lowest BCUT2D eigenvalue weighted by molar-refractivity contribution is -0.156. The Morgan fingerprint density at radius 1 is 1.53 bits per heavy atom. The summed E-state index contributed by atoms with van der Waals surface area (Å²) >= 11 is 0. The lowest BCUT2D eigenvalue weighted by atomic mass is 9.99. The maximum atomic E-state index is 11.8. The fourth-order valence-electron chi connectivity index (χ4n) is 2.12. The van der Waals surface area contributed by atoms with Crippen LogP contribution in [0.25, 0.3) is 0 Å². The summed E-state index contributed by atoms with van der Waals surface area (Å²) in [5.74, 6) is 0.0933. The van der Waals surface area contributed by atoms with Crippen molar-refractivity contribution in [3.8, 4) is 0 Å². The van der Waals surface area contributed by atoms with Crippen LogP contribution in [0.15, 0.2) is 0 Å². The van der Waals surface area contributed by atoms with Gasteiger partial charge >= 0.3 is 0 Å². The zero-order valence-electron chi connectivity index (χ0n) is 9.95. The van der Waals surface area contributed by atoms with Gasteiger partial charge in [-0.3, -0.25) is 4.79 Å². The molecular weight excluding hydrogens is 192 g/mol. The van der Waals surface area contributed by atoms with E-state index in [4.69, 9.17) is 10.5 Å². The van der Waals surface area contributed by atoms with Gasteiger partial charge in [-0.25, -0.2) is 0 Å². The zero-order chi connectivity index (χ0) is 11.5. The van der Waals surface area contributed by atoms with Crippen molar-refractivity contribution >= 4 is 5.91 Å². The summed E-state index contributed by atoms with van der Waals surface area (Å²) in [4.78, 5) is 13.7. The van der Waals surface area contributed by atoms with E-state index in [1.54, 1.807) is 0 Å². The molecule has 1 aliphatic heterocycles. The number of nitrogens with two attached hydrogens (primary N) is 1. The van der Waals surface area contributed by atoms with Crippen molar-refractivity contribution in [1.82, 2.24) is 4.90 Å². The second-order valence-corrected chi connectivity index (χ2v) is 5.03. The number of ether oxygens (including phenoxy) is 1. The number of morpholine rings is 1. The van der Waals surface area contributed by atoms with Gasteiger partial charge in [-0.2, -0.15) is 0 Å². The van der Waals surface area contributed by atoms with Gasteiger partial charge in [-0.05, 0) is 40.2 Å². The van der Waals surface area contributed by atoms with Crippen LogP contribution in [-0.4, -0.2) is 42.1 Å². The molecule has 4 nitrogen and oxygen atoms in total. The highest BCUT2D eigenvalue weighted by atomic mass is 16.5. The molecule has 1 heterocycles. The third kappa shape index (κ3) is 3.18. The van der Waals surface area contributed by atoms with Crippen LogP contribution < -0.4 is 5.73 Å². The molecular formula is C11H22N2O2. The molecule has 0 aromatic rings. The highest BCUT2D eigenvalue weighted by Gasteiger charge is 2.35. The Kier molecular flexibility index (Phi) is 4.11. The fraction of sp³-hybridized carbons (Fsp3) is 0.909. The number of carbonyl (C=O) groups excluding carboxylic acids is 1. The Morgan fingerprint density at radius 3 is 2.73 bits per heavy atom. The van der Waals surface area contributed by atoms with E-state index in [-0.39, 0.29) is 24.1 Å². The smallest absolute Gasteiger partial charge is 0.249 e. The van der Waals surface area contributed by atoms with Crippen LogP contribution in [0.2, 0.25) is 0 Å². The average Bonchev–Trinajstić information content (AvgIpc) is 2.12. The molecule has 1 fully saturated rings. The van der Waals surface area contributed by atoms with Gasteiger partial charge in [-0.15, -0.1) is 0 Å². The first-order valence-corrected chi connectivity index (χ1v) is 5.57. The molecule has 1 amide bonds. The van der Waals surface area contributed by atoms with Gasteiger partial charge in [0.15, 0.2) is 0 Å². The Morgan fingerprint density at radius 2 is 2.20 bits per heavy atom. The first kappa shape index (κ1) is 12.5. The molecule has 0 bridgehead atoms. The minimum Gasteiger partial charge on any atom is -0.369 e. The van der Waals surface area contributed by atoms with Crippen LogP contribution in [0, 0.1) is 0 Å². The van der Waals surface area contributed by atoms with Gasteiger partial charge in [0.05, 0.1) is 12.6 Å². The van der Waals surface area contributed by atoms with Crippen LogP contribution >= 0.6 is 0 Å². The van der Waals surface area contributed by atoms with Crippen LogP contribution in [0.4, 0.5) is 0 Å². The van der Waals surface area contributed by atoms with Gasteiger partial charge in [0, 0.05) is 5.54 Å². The molecule has 1 saturated heterocycles. The first-order chi connectivity index (χ1) is 6.96. The largest absolute Gasteiger partial charge is 0.369 e. The van der Waals surface area contributed by atoms with Crippen molar-refractivity contribution in [2.75, 3.05) is 19.8 Å². The van der Waals surface area contributed by atoms with Crippen LogP contribution in [0.3, 0.4) is 0 Å². The average molecular weight is 214 g/mol. The summed E-state index contributed by atoms with van der Waals surface area (Å²) in [6.45, 7) is 7.71. The number of hydrogen-bond acceptors (Lipinski definition) is 3. The molecule has 88 valence electrons. The van der Waals surface area contributed by atoms with E-state index in [0.29, 0.717) is 13.2 Å². The van der Waals surface area contributed by atoms with Crippen LogP contribution in [0.5, 0.6) is 0 Å². The molecule has 15 heavy (non-hydrogen) atoms. The van der Waals surface area contributed by atoms with Gasteiger partial charge in [0.25, 0.3) is 0 Å². The van der Waals surface area contributed by atoms with Crippen molar-refractivity contribution < 1.29 is 9.53 Å². The monoisotopic (exact) mass is 214 g/mol. The third-order valence-corrected chi connectivity index (χ3v) is 2.63. The van der Waals surface area contributed by atoms with Gasteiger partial charge < -0.3 is 15.4 Å². The summed E-state index contributed by atoms with van der Waals surface area (Å²) < 4.78 is 5.28. The van der Waals surface area contributed by atoms with E-state index in [0.717, 1.165) is 12.8 Å². The number of rotatable bonds is 3. The van der Waals surface area contributed by atoms with E-state index in [2.05, 4.69) is 20.8 Å². The predicted octanol–water partition coefficient (Wildman–Crippen LogP) is 0.751. The first-order valence-electron chi connectivity index (χ1n) is 5.57. The lowest BCUT2D eigenvalue weighted by Gasteiger charge is -2.44. The van der Waals surface area contributed by atoms with Crippen LogP contribution in [0.1, 0.15) is 33.6 Å². The molecule has 0 aliphatic carbocycles. The summed E-state index contributed by atoms with van der Waals surface area (Å²) in [5.41, 5.74) is 5.37. The Balaban J connectivity index is 2.69. The van der Waals surface area contributed by atoms with E-state index in [1.807, 2.05) is 4.90 Å². The molecule has 4 heteroatoms. The number of amides is 1. The van der Waals surface area contributed by atoms with E-state index < -0.39 is 0 Å². The second kappa shape index (κ2) is 4.94. The fourth-order valence-corrected chi connectivity index (χ4v) is 2.12. The molecule has 0 aromatic carbocycles. The highest BCUT2D eigenvalue weighted by Crippen LogP contribution is 2.23. The van der Waals surface area contributed by atoms with Crippen molar-refractivity contribution in [2.45, 2.75) is 45.2 Å². The summed E-state index contributed by atoms with van der Waals surface area (Å²) in [5, 5.41) is 0. The Bertz CT molecular complexity index is 223. The van der Waals surface area contributed by atoms with Crippen LogP contribution in [-0.2, 0) is 9.53 Å². The summed E-state index contributed by atoms with van der Waals surface area (Å²) in [7, 11) is 0. The molecule has 1 unspecified atom stereocenters. The van der Waals surface area contributed by atoms with E-state index in [9.17, 15) is 4.79 Å². The maximum Gasteiger partial charge on any atom is 0.249 e. The molecule has 1 aliphatic rings. The Labute approximate surface area is 91.8 Å². The topological polar surface area (TPSA) is 55.6 Å². The summed E-state index contributed by atoms with van der Waals surface area (Å²) in [6.07, 6.45) is 1.87. The highest BCUT2D eigenvalue weighted by molar-refractivity contribution is 5.79. The minimum absolute atomic E-state index is 0.0933.